The molecule has 2 N–H and O–H groups in total. The van der Waals surface area contributed by atoms with Gasteiger partial charge < -0.3 is 24.6 Å². The van der Waals surface area contributed by atoms with Crippen LogP contribution in [0.4, 0.5) is 11.4 Å². The molecule has 7 nitrogen and oxygen atoms in total. The molecule has 1 amide bonds. The maximum atomic E-state index is 12.4. The van der Waals surface area contributed by atoms with Crippen molar-refractivity contribution in [3.05, 3.63) is 54.1 Å². The van der Waals surface area contributed by atoms with E-state index in [-0.39, 0.29) is 11.9 Å². The monoisotopic (exact) mass is 398 g/mol. The molecular weight excluding hydrogens is 370 g/mol. The number of ether oxygens (including phenoxy) is 2. The maximum absolute atomic E-state index is 12.4. The molecule has 1 fully saturated rings. The molecule has 7 heteroatoms. The van der Waals surface area contributed by atoms with E-state index in [9.17, 15) is 9.59 Å². The molecule has 0 atom stereocenters. The first kappa shape index (κ1) is 20.7. The first-order valence-corrected chi connectivity index (χ1v) is 9.88. The van der Waals surface area contributed by atoms with Crippen LogP contribution in [0.25, 0.3) is 0 Å². The van der Waals surface area contributed by atoms with Crippen LogP contribution in [0.1, 0.15) is 17.3 Å². The number of carbonyl (C=O) groups excluding carboxylic acids is 2. The number of hydrogen-bond donors (Lipinski definition) is 2. The summed E-state index contributed by atoms with van der Waals surface area (Å²) in [6, 6.07) is 14.9. The van der Waals surface area contributed by atoms with Crippen LogP contribution < -0.4 is 19.9 Å². The Morgan fingerprint density at radius 1 is 1.10 bits per heavy atom. The van der Waals surface area contributed by atoms with Crippen molar-refractivity contribution in [2.45, 2.75) is 6.92 Å². The molecule has 1 aliphatic heterocycles. The fourth-order valence-electron chi connectivity index (χ4n) is 3.42. The van der Waals surface area contributed by atoms with Crippen LogP contribution in [0.15, 0.2) is 48.5 Å². The highest BCUT2D eigenvalue weighted by Crippen LogP contribution is 2.19. The number of nitrogens with zero attached hydrogens (tertiary/aromatic N) is 1. The van der Waals surface area contributed by atoms with Crippen LogP contribution in [0.2, 0.25) is 0 Å². The Morgan fingerprint density at radius 2 is 1.83 bits per heavy atom. The summed E-state index contributed by atoms with van der Waals surface area (Å²) in [5.41, 5.74) is 2.21. The highest BCUT2D eigenvalue weighted by atomic mass is 16.5. The normalized spacial score (nSPS) is 14.3. The minimum Gasteiger partial charge on any atom is -0.497 e. The second kappa shape index (κ2) is 9.93. The summed E-state index contributed by atoms with van der Waals surface area (Å²) >= 11 is 0. The predicted octanol–water partition coefficient (Wildman–Crippen LogP) is 1.22. The topological polar surface area (TPSA) is 72.3 Å². The van der Waals surface area contributed by atoms with Crippen molar-refractivity contribution in [3.63, 3.8) is 0 Å². The standard InChI is InChI=1S/C22H27N3O4/c1-3-29-22(27)17-5-4-6-18(15-17)23-21(26)16-24-11-13-25(14-12-24)19-7-9-20(28-2)10-8-19/h4-10,15H,3,11-14,16H2,1-2H3,(H,23,26)/p+1. The van der Waals surface area contributed by atoms with E-state index in [0.717, 1.165) is 31.9 Å². The van der Waals surface area contributed by atoms with E-state index >= 15 is 0 Å². The van der Waals surface area contributed by atoms with E-state index in [0.29, 0.717) is 24.4 Å². The van der Waals surface area contributed by atoms with Crippen molar-refractivity contribution < 1.29 is 24.0 Å². The largest absolute Gasteiger partial charge is 0.497 e. The lowest BCUT2D eigenvalue weighted by Crippen LogP contribution is -3.15. The Hall–Kier alpha value is -3.06. The summed E-state index contributed by atoms with van der Waals surface area (Å²) in [7, 11) is 1.66. The van der Waals surface area contributed by atoms with Crippen LogP contribution in [-0.2, 0) is 9.53 Å². The third kappa shape index (κ3) is 5.71. The summed E-state index contributed by atoms with van der Waals surface area (Å²) < 4.78 is 10.2. The van der Waals surface area contributed by atoms with Gasteiger partial charge in [0.25, 0.3) is 5.91 Å². The third-order valence-electron chi connectivity index (χ3n) is 4.98. The molecule has 0 unspecified atom stereocenters. The fourth-order valence-corrected chi connectivity index (χ4v) is 3.42. The summed E-state index contributed by atoms with van der Waals surface area (Å²) in [6.45, 7) is 6.06. The van der Waals surface area contributed by atoms with E-state index in [4.69, 9.17) is 9.47 Å². The van der Waals surface area contributed by atoms with Crippen molar-refractivity contribution in [2.75, 3.05) is 56.7 Å². The fraction of sp³-hybridized carbons (Fsp3) is 0.364. The first-order chi connectivity index (χ1) is 14.1. The first-order valence-electron chi connectivity index (χ1n) is 9.88. The highest BCUT2D eigenvalue weighted by molar-refractivity contribution is 5.94. The predicted molar refractivity (Wildman–Crippen MR) is 112 cm³/mol. The molecular formula is C22H28N3O4+. The lowest BCUT2D eigenvalue weighted by atomic mass is 10.2. The number of nitrogens with one attached hydrogen (secondary N) is 2. The number of esters is 1. The zero-order valence-corrected chi connectivity index (χ0v) is 16.9. The van der Waals surface area contributed by atoms with Gasteiger partial charge in [0, 0.05) is 11.4 Å². The van der Waals surface area contributed by atoms with E-state index in [2.05, 4.69) is 22.3 Å². The zero-order chi connectivity index (χ0) is 20.6. The van der Waals surface area contributed by atoms with Crippen LogP contribution in [0, 0.1) is 0 Å². The zero-order valence-electron chi connectivity index (χ0n) is 16.9. The number of benzene rings is 2. The van der Waals surface area contributed by atoms with Gasteiger partial charge in [0.1, 0.15) is 5.75 Å². The molecule has 0 spiro atoms. The summed E-state index contributed by atoms with van der Waals surface area (Å²) in [5.74, 6) is 0.407. The minimum absolute atomic E-state index is 0.0566. The van der Waals surface area contributed by atoms with Gasteiger partial charge in [-0.3, -0.25) is 4.79 Å². The van der Waals surface area contributed by atoms with Crippen LogP contribution in [0.5, 0.6) is 5.75 Å². The quantitative estimate of drug-likeness (QED) is 0.686. The Kier molecular flexibility index (Phi) is 7.08. The molecule has 1 aliphatic rings. The van der Waals surface area contributed by atoms with E-state index in [1.165, 1.54) is 10.6 Å². The van der Waals surface area contributed by atoms with Gasteiger partial charge in [-0.25, -0.2) is 4.79 Å². The van der Waals surface area contributed by atoms with Gasteiger partial charge in [-0.1, -0.05) is 6.07 Å². The Labute approximate surface area is 171 Å². The van der Waals surface area contributed by atoms with E-state index < -0.39 is 0 Å². The van der Waals surface area contributed by atoms with Gasteiger partial charge >= 0.3 is 5.97 Å². The number of methoxy groups -OCH3 is 1. The van der Waals surface area contributed by atoms with Gasteiger partial charge in [0.15, 0.2) is 6.54 Å². The summed E-state index contributed by atoms with van der Waals surface area (Å²) in [4.78, 5) is 27.8. The average molecular weight is 398 g/mol. The molecule has 0 bridgehead atoms. The Morgan fingerprint density at radius 3 is 2.48 bits per heavy atom. The summed E-state index contributed by atoms with van der Waals surface area (Å²) in [5, 5.41) is 2.89. The average Bonchev–Trinajstić information content (AvgIpc) is 2.75. The summed E-state index contributed by atoms with van der Waals surface area (Å²) in [6.07, 6.45) is 0. The second-order valence-corrected chi connectivity index (χ2v) is 6.96. The Bertz CT molecular complexity index is 830. The SMILES string of the molecule is CCOC(=O)c1cccc(NC(=O)C[NH+]2CCN(c3ccc(OC)cc3)CC2)c1. The number of anilines is 2. The molecule has 154 valence electrons. The number of hydrogen-bond acceptors (Lipinski definition) is 5. The van der Waals surface area contributed by atoms with Crippen LogP contribution in [-0.4, -0.2) is 58.3 Å². The second-order valence-electron chi connectivity index (χ2n) is 6.96. The number of carbonyl (C=O) groups is 2. The molecule has 0 aliphatic carbocycles. The van der Waals surface area contributed by atoms with Gasteiger partial charge in [-0.2, -0.15) is 0 Å². The molecule has 0 saturated carbocycles. The minimum atomic E-state index is -0.385. The van der Waals surface area contributed by atoms with Gasteiger partial charge in [0.05, 0.1) is 45.5 Å². The lowest BCUT2D eigenvalue weighted by Gasteiger charge is -2.33. The molecule has 2 aromatic rings. The molecule has 29 heavy (non-hydrogen) atoms. The van der Waals surface area contributed by atoms with E-state index in [1.807, 2.05) is 12.1 Å². The molecule has 1 heterocycles. The smallest absolute Gasteiger partial charge is 0.338 e. The van der Waals surface area contributed by atoms with Gasteiger partial charge in [-0.15, -0.1) is 0 Å². The van der Waals surface area contributed by atoms with Crippen molar-refractivity contribution in [2.24, 2.45) is 0 Å². The highest BCUT2D eigenvalue weighted by Gasteiger charge is 2.22. The number of piperazine rings is 1. The molecule has 2 aromatic carbocycles. The molecule has 3 rings (SSSR count). The van der Waals surface area contributed by atoms with Gasteiger partial charge in [0.2, 0.25) is 0 Å². The van der Waals surface area contributed by atoms with Crippen molar-refractivity contribution in [1.82, 2.24) is 0 Å². The molecule has 0 radical (unpaired) electrons. The lowest BCUT2D eigenvalue weighted by molar-refractivity contribution is -0.892. The van der Waals surface area contributed by atoms with E-state index in [1.54, 1.807) is 38.3 Å². The van der Waals surface area contributed by atoms with Crippen molar-refractivity contribution >= 4 is 23.3 Å². The molecule has 1 saturated heterocycles. The van der Waals surface area contributed by atoms with Crippen molar-refractivity contribution in [1.29, 1.82) is 0 Å². The van der Waals surface area contributed by atoms with Gasteiger partial charge in [-0.05, 0) is 49.4 Å². The van der Waals surface area contributed by atoms with Crippen molar-refractivity contribution in [3.8, 4) is 5.75 Å². The van der Waals surface area contributed by atoms with Crippen LogP contribution in [0.3, 0.4) is 0 Å². The number of rotatable bonds is 7. The third-order valence-corrected chi connectivity index (χ3v) is 4.98. The maximum Gasteiger partial charge on any atom is 0.338 e. The number of amides is 1. The van der Waals surface area contributed by atoms with Crippen LogP contribution >= 0.6 is 0 Å². The number of quaternary nitrogens is 1. The Balaban J connectivity index is 1.48. The molecule has 0 aromatic heterocycles.